The highest BCUT2D eigenvalue weighted by Gasteiger charge is 2.08. The van der Waals surface area contributed by atoms with Crippen molar-refractivity contribution in [3.8, 4) is 0 Å². The molecule has 144 valence electrons. The summed E-state index contributed by atoms with van der Waals surface area (Å²) >= 11 is 0. The lowest BCUT2D eigenvalue weighted by Crippen LogP contribution is -2.15. The van der Waals surface area contributed by atoms with Gasteiger partial charge >= 0.3 is 0 Å². The van der Waals surface area contributed by atoms with E-state index in [2.05, 4.69) is 20.8 Å². The van der Waals surface area contributed by atoms with Gasteiger partial charge in [-0.2, -0.15) is 0 Å². The second kappa shape index (κ2) is 21.1. The highest BCUT2D eigenvalue weighted by molar-refractivity contribution is 6.51. The average molecular weight is 338 g/mol. The molecule has 0 unspecified atom stereocenters. The van der Waals surface area contributed by atoms with Gasteiger partial charge in [-0.05, 0) is 6.42 Å². The van der Waals surface area contributed by atoms with Crippen LogP contribution < -0.4 is 0 Å². The number of unbranched alkanes of at least 4 members (excludes halogenated alkanes) is 15. The predicted molar refractivity (Wildman–Crippen MR) is 112 cm³/mol. The van der Waals surface area contributed by atoms with Gasteiger partial charge in [-0.15, -0.1) is 0 Å². The van der Waals surface area contributed by atoms with Crippen molar-refractivity contribution in [3.05, 3.63) is 0 Å². The fraction of sp³-hybridized carbons (Fsp3) is 1.00. The Hall–Kier alpha value is 0.0249. The molecule has 0 spiro atoms. The molecule has 0 amide bonds. The maximum atomic E-state index is 5.86. The van der Waals surface area contributed by atoms with Crippen LogP contribution in [0.1, 0.15) is 124 Å². The summed E-state index contributed by atoms with van der Waals surface area (Å²) in [6.07, 6.45) is 25.3. The summed E-state index contributed by atoms with van der Waals surface area (Å²) in [5, 5.41) is 0. The van der Waals surface area contributed by atoms with Crippen LogP contribution >= 0.6 is 0 Å². The molecule has 0 saturated carbocycles. The summed E-state index contributed by atoms with van der Waals surface area (Å²) in [6.45, 7) is 8.22. The van der Waals surface area contributed by atoms with E-state index >= 15 is 0 Å². The van der Waals surface area contributed by atoms with Crippen LogP contribution in [0.4, 0.5) is 0 Å². The zero-order valence-corrected chi connectivity index (χ0v) is 17.4. The van der Waals surface area contributed by atoms with Crippen LogP contribution in [0.25, 0.3) is 0 Å². The number of hydrogen-bond acceptors (Lipinski definition) is 1. The number of rotatable bonds is 20. The monoisotopic (exact) mass is 338 g/mol. The highest BCUT2D eigenvalue weighted by Crippen LogP contribution is 2.13. The van der Waals surface area contributed by atoms with Crippen LogP contribution in [0.5, 0.6) is 0 Å². The molecule has 2 heteroatoms. The Labute approximate surface area is 154 Å². The van der Waals surface area contributed by atoms with Crippen LogP contribution in [-0.2, 0) is 4.65 Å². The average Bonchev–Trinajstić information content (AvgIpc) is 2.61. The minimum atomic E-state index is 0.501. The van der Waals surface area contributed by atoms with Gasteiger partial charge in [-0.1, -0.05) is 130 Å². The maximum Gasteiger partial charge on any atom is 0.292 e. The first-order chi connectivity index (χ1) is 11.8. The molecule has 0 rings (SSSR count). The maximum absolute atomic E-state index is 5.86. The third kappa shape index (κ3) is 18.4. The lowest BCUT2D eigenvalue weighted by Gasteiger charge is -2.10. The molecular weight excluding hydrogens is 291 g/mol. The van der Waals surface area contributed by atoms with E-state index in [0.717, 1.165) is 19.2 Å². The van der Waals surface area contributed by atoms with Gasteiger partial charge in [0, 0.05) is 6.61 Å². The predicted octanol–water partition coefficient (Wildman–Crippen LogP) is 8.30. The van der Waals surface area contributed by atoms with Crippen molar-refractivity contribution in [1.29, 1.82) is 0 Å². The van der Waals surface area contributed by atoms with Crippen LogP contribution in [0.2, 0.25) is 12.6 Å². The van der Waals surface area contributed by atoms with E-state index in [0.29, 0.717) is 6.92 Å². The molecule has 0 N–H and O–H groups in total. The summed E-state index contributed by atoms with van der Waals surface area (Å²) in [4.78, 5) is 0. The van der Waals surface area contributed by atoms with Gasteiger partial charge in [0.1, 0.15) is 0 Å². The Morgan fingerprint density at radius 2 is 0.792 bits per heavy atom. The SMILES string of the molecule is CCCCCCCCCCCCCCCCCCOB(CC)CC. The molecule has 0 aliphatic carbocycles. The second-order valence-electron chi connectivity index (χ2n) is 7.61. The topological polar surface area (TPSA) is 9.23 Å². The lowest BCUT2D eigenvalue weighted by atomic mass is 9.62. The van der Waals surface area contributed by atoms with Crippen molar-refractivity contribution < 1.29 is 4.65 Å². The lowest BCUT2D eigenvalue weighted by molar-refractivity contribution is 0.305. The molecule has 0 radical (unpaired) electrons. The third-order valence-corrected chi connectivity index (χ3v) is 5.26. The number of hydrogen-bond donors (Lipinski definition) is 0. The van der Waals surface area contributed by atoms with Crippen molar-refractivity contribution >= 4 is 6.92 Å². The highest BCUT2D eigenvalue weighted by atomic mass is 16.4. The molecule has 0 heterocycles. The van der Waals surface area contributed by atoms with Gasteiger partial charge in [0.25, 0.3) is 6.92 Å². The molecule has 0 fully saturated rings. The van der Waals surface area contributed by atoms with E-state index in [4.69, 9.17) is 4.65 Å². The fourth-order valence-corrected chi connectivity index (χ4v) is 3.42. The normalized spacial score (nSPS) is 11.1. The molecule has 0 saturated heterocycles. The zero-order valence-electron chi connectivity index (χ0n) is 17.4. The van der Waals surface area contributed by atoms with E-state index in [1.807, 2.05) is 0 Å². The van der Waals surface area contributed by atoms with Crippen molar-refractivity contribution in [2.45, 2.75) is 136 Å². The second-order valence-corrected chi connectivity index (χ2v) is 7.61. The van der Waals surface area contributed by atoms with Gasteiger partial charge in [-0.25, -0.2) is 0 Å². The van der Waals surface area contributed by atoms with Crippen molar-refractivity contribution in [2.24, 2.45) is 0 Å². The smallest absolute Gasteiger partial charge is 0.292 e. The molecule has 0 atom stereocenters. The molecular formula is C22H47BO. The molecule has 0 aromatic rings. The van der Waals surface area contributed by atoms with Gasteiger partial charge in [-0.3, -0.25) is 0 Å². The minimum Gasteiger partial charge on any atom is -0.436 e. The van der Waals surface area contributed by atoms with Crippen molar-refractivity contribution in [3.63, 3.8) is 0 Å². The first-order valence-corrected chi connectivity index (χ1v) is 11.5. The van der Waals surface area contributed by atoms with Gasteiger partial charge < -0.3 is 4.65 Å². The quantitative estimate of drug-likeness (QED) is 0.160. The van der Waals surface area contributed by atoms with Crippen molar-refractivity contribution in [2.75, 3.05) is 6.61 Å². The largest absolute Gasteiger partial charge is 0.436 e. The standard InChI is InChI=1S/C22H47BO/c1-4-7-8-9-10-11-12-13-14-15-16-17-18-19-20-21-22-24-23(5-2)6-3/h4-22H2,1-3H3. The van der Waals surface area contributed by atoms with Crippen LogP contribution in [0.15, 0.2) is 0 Å². The Morgan fingerprint density at radius 3 is 1.12 bits per heavy atom. The Kier molecular flexibility index (Phi) is 21.1. The summed E-state index contributed by atoms with van der Waals surface area (Å²) in [7, 11) is 0. The summed E-state index contributed by atoms with van der Waals surface area (Å²) < 4.78 is 5.86. The first kappa shape index (κ1) is 24.0. The van der Waals surface area contributed by atoms with Gasteiger partial charge in [0.15, 0.2) is 0 Å². The Bertz CT molecular complexity index is 216. The third-order valence-electron chi connectivity index (χ3n) is 5.26. The summed E-state index contributed by atoms with van der Waals surface area (Å²) in [6, 6.07) is 0. The van der Waals surface area contributed by atoms with E-state index in [1.54, 1.807) is 0 Å². The van der Waals surface area contributed by atoms with Crippen LogP contribution in [0, 0.1) is 0 Å². The Morgan fingerprint density at radius 1 is 0.458 bits per heavy atom. The summed E-state index contributed by atoms with van der Waals surface area (Å²) in [5.74, 6) is 0. The van der Waals surface area contributed by atoms with E-state index in [-0.39, 0.29) is 0 Å². The molecule has 0 aromatic carbocycles. The molecule has 1 nitrogen and oxygen atoms in total. The van der Waals surface area contributed by atoms with Crippen LogP contribution in [0.3, 0.4) is 0 Å². The summed E-state index contributed by atoms with van der Waals surface area (Å²) in [5.41, 5.74) is 0. The fourth-order valence-electron chi connectivity index (χ4n) is 3.42. The van der Waals surface area contributed by atoms with Crippen molar-refractivity contribution in [1.82, 2.24) is 0 Å². The van der Waals surface area contributed by atoms with Gasteiger partial charge in [0.2, 0.25) is 0 Å². The first-order valence-electron chi connectivity index (χ1n) is 11.5. The molecule has 0 aromatic heterocycles. The molecule has 0 aliphatic heterocycles. The van der Waals surface area contributed by atoms with E-state index in [1.165, 1.54) is 103 Å². The molecule has 0 bridgehead atoms. The van der Waals surface area contributed by atoms with E-state index < -0.39 is 0 Å². The van der Waals surface area contributed by atoms with E-state index in [9.17, 15) is 0 Å². The molecule has 24 heavy (non-hydrogen) atoms. The van der Waals surface area contributed by atoms with Gasteiger partial charge in [0.05, 0.1) is 0 Å². The Balaban J connectivity index is 3.03. The van der Waals surface area contributed by atoms with Crippen LogP contribution in [-0.4, -0.2) is 13.5 Å². The molecule has 0 aliphatic rings. The minimum absolute atomic E-state index is 0.501. The zero-order chi connectivity index (χ0) is 17.7.